The molecule has 1 saturated heterocycles. The van der Waals surface area contributed by atoms with Crippen LogP contribution in [-0.4, -0.2) is 30.6 Å². The fourth-order valence-electron chi connectivity index (χ4n) is 3.86. The number of nitrogens with one attached hydrogen (secondary N) is 1. The molecule has 1 aliphatic rings. The van der Waals surface area contributed by atoms with Gasteiger partial charge in [0.05, 0.1) is 11.1 Å². The van der Waals surface area contributed by atoms with E-state index in [2.05, 4.69) is 41.9 Å². The van der Waals surface area contributed by atoms with Crippen LogP contribution in [0.15, 0.2) is 53.9 Å². The SMILES string of the molecule is Cc1ccc(-c2nc(CCNC(=O)C3(c4ccc(Cl)cc4)CCOCC3)cs2)cc1. The zero-order chi connectivity index (χ0) is 21.0. The Kier molecular flexibility index (Phi) is 6.52. The standard InChI is InChI=1S/C24H25ClN2O2S/c1-17-2-4-18(5-3-17)22-27-21(16-30-22)10-13-26-23(28)24(11-14-29-15-12-24)19-6-8-20(25)9-7-19/h2-9,16H,10-15H2,1H3,(H,26,28). The van der Waals surface area contributed by atoms with Crippen molar-refractivity contribution in [2.24, 2.45) is 0 Å². The van der Waals surface area contributed by atoms with Gasteiger partial charge in [0.25, 0.3) is 0 Å². The first-order valence-electron chi connectivity index (χ1n) is 10.2. The number of aromatic nitrogens is 1. The largest absolute Gasteiger partial charge is 0.381 e. The molecule has 0 radical (unpaired) electrons. The molecule has 1 aliphatic heterocycles. The number of hydrogen-bond donors (Lipinski definition) is 1. The van der Waals surface area contributed by atoms with E-state index < -0.39 is 5.41 Å². The second-order valence-electron chi connectivity index (χ2n) is 7.72. The van der Waals surface area contributed by atoms with Gasteiger partial charge in [0.2, 0.25) is 5.91 Å². The predicted molar refractivity (Wildman–Crippen MR) is 122 cm³/mol. The maximum absolute atomic E-state index is 13.2. The molecule has 0 saturated carbocycles. The summed E-state index contributed by atoms with van der Waals surface area (Å²) in [4.78, 5) is 18.0. The lowest BCUT2D eigenvalue weighted by molar-refractivity contribution is -0.130. The van der Waals surface area contributed by atoms with E-state index in [0.29, 0.717) is 44.0 Å². The average molecular weight is 441 g/mol. The third-order valence-electron chi connectivity index (χ3n) is 5.69. The van der Waals surface area contributed by atoms with Gasteiger partial charge in [-0.2, -0.15) is 0 Å². The number of hydrogen-bond acceptors (Lipinski definition) is 4. The van der Waals surface area contributed by atoms with Crippen LogP contribution < -0.4 is 5.32 Å². The summed E-state index contributed by atoms with van der Waals surface area (Å²) in [5.74, 6) is 0.0575. The van der Waals surface area contributed by atoms with Crippen LogP contribution in [0.3, 0.4) is 0 Å². The molecule has 156 valence electrons. The lowest BCUT2D eigenvalue weighted by atomic mass is 9.73. The van der Waals surface area contributed by atoms with Crippen LogP contribution in [0.2, 0.25) is 5.02 Å². The van der Waals surface area contributed by atoms with Crippen LogP contribution >= 0.6 is 22.9 Å². The number of carbonyl (C=O) groups excluding carboxylic acids is 1. The number of thiazole rings is 1. The van der Waals surface area contributed by atoms with E-state index in [1.54, 1.807) is 11.3 Å². The Bertz CT molecular complexity index is 993. The van der Waals surface area contributed by atoms with E-state index in [1.807, 2.05) is 24.3 Å². The van der Waals surface area contributed by atoms with Crippen molar-refractivity contribution in [3.05, 3.63) is 75.8 Å². The number of carbonyl (C=O) groups is 1. The number of nitrogens with zero attached hydrogens (tertiary/aromatic N) is 1. The molecule has 0 bridgehead atoms. The fourth-order valence-corrected chi connectivity index (χ4v) is 4.85. The second kappa shape index (κ2) is 9.29. The van der Waals surface area contributed by atoms with Gasteiger partial charge in [0.15, 0.2) is 0 Å². The number of rotatable bonds is 6. The lowest BCUT2D eigenvalue weighted by Crippen LogP contribution is -2.48. The van der Waals surface area contributed by atoms with Gasteiger partial charge in [0.1, 0.15) is 5.01 Å². The summed E-state index contributed by atoms with van der Waals surface area (Å²) in [5, 5.41) is 6.91. The molecule has 4 nitrogen and oxygen atoms in total. The molecule has 3 aromatic rings. The highest BCUT2D eigenvalue weighted by molar-refractivity contribution is 7.13. The van der Waals surface area contributed by atoms with Crippen molar-refractivity contribution >= 4 is 28.8 Å². The number of benzene rings is 2. The van der Waals surface area contributed by atoms with Crippen LogP contribution in [0.1, 0.15) is 29.7 Å². The third-order valence-corrected chi connectivity index (χ3v) is 6.89. The highest BCUT2D eigenvalue weighted by Gasteiger charge is 2.41. The van der Waals surface area contributed by atoms with Gasteiger partial charge in [-0.05, 0) is 37.5 Å². The zero-order valence-electron chi connectivity index (χ0n) is 17.0. The molecule has 0 atom stereocenters. The van der Waals surface area contributed by atoms with E-state index >= 15 is 0 Å². The van der Waals surface area contributed by atoms with Crippen molar-refractivity contribution in [2.75, 3.05) is 19.8 Å². The van der Waals surface area contributed by atoms with E-state index in [0.717, 1.165) is 21.8 Å². The summed E-state index contributed by atoms with van der Waals surface area (Å²) >= 11 is 7.69. The minimum absolute atomic E-state index is 0.0575. The first-order chi connectivity index (χ1) is 14.6. The van der Waals surface area contributed by atoms with Crippen molar-refractivity contribution < 1.29 is 9.53 Å². The summed E-state index contributed by atoms with van der Waals surface area (Å²) in [6, 6.07) is 16.0. The molecule has 1 amide bonds. The summed E-state index contributed by atoms with van der Waals surface area (Å²) in [5.41, 5.74) is 3.81. The quantitative estimate of drug-likeness (QED) is 0.574. The number of amides is 1. The van der Waals surface area contributed by atoms with Crippen LogP contribution in [-0.2, 0) is 21.4 Å². The van der Waals surface area contributed by atoms with E-state index in [9.17, 15) is 4.79 Å². The van der Waals surface area contributed by atoms with Gasteiger partial charge in [0, 0.05) is 42.1 Å². The van der Waals surface area contributed by atoms with Gasteiger partial charge in [-0.15, -0.1) is 11.3 Å². The fraction of sp³-hybridized carbons (Fsp3) is 0.333. The molecule has 30 heavy (non-hydrogen) atoms. The van der Waals surface area contributed by atoms with E-state index in [-0.39, 0.29) is 5.91 Å². The first kappa shape index (κ1) is 21.0. The molecule has 1 fully saturated rings. The molecular formula is C24H25ClN2O2S. The molecule has 1 N–H and O–H groups in total. The minimum Gasteiger partial charge on any atom is -0.381 e. The summed E-state index contributed by atoms with van der Waals surface area (Å²) in [7, 11) is 0. The second-order valence-corrected chi connectivity index (χ2v) is 9.01. The Labute approximate surface area is 186 Å². The topological polar surface area (TPSA) is 51.2 Å². The van der Waals surface area contributed by atoms with Gasteiger partial charge in [-0.3, -0.25) is 4.79 Å². The maximum Gasteiger partial charge on any atom is 0.230 e. The molecular weight excluding hydrogens is 416 g/mol. The lowest BCUT2D eigenvalue weighted by Gasteiger charge is -2.36. The summed E-state index contributed by atoms with van der Waals surface area (Å²) in [6.07, 6.45) is 2.06. The van der Waals surface area contributed by atoms with Crippen molar-refractivity contribution in [3.63, 3.8) is 0 Å². The monoisotopic (exact) mass is 440 g/mol. The Morgan fingerprint density at radius 3 is 2.53 bits per heavy atom. The molecule has 0 aliphatic carbocycles. The average Bonchev–Trinajstić information content (AvgIpc) is 3.24. The van der Waals surface area contributed by atoms with Crippen molar-refractivity contribution in [1.29, 1.82) is 0 Å². The van der Waals surface area contributed by atoms with Gasteiger partial charge < -0.3 is 10.1 Å². The summed E-state index contributed by atoms with van der Waals surface area (Å²) < 4.78 is 5.53. The molecule has 0 spiro atoms. The highest BCUT2D eigenvalue weighted by atomic mass is 35.5. The molecule has 6 heteroatoms. The summed E-state index contributed by atoms with van der Waals surface area (Å²) in [6.45, 7) is 3.81. The molecule has 2 aromatic carbocycles. The van der Waals surface area contributed by atoms with Crippen LogP contribution in [0.4, 0.5) is 0 Å². The Hall–Kier alpha value is -2.21. The van der Waals surface area contributed by atoms with Crippen molar-refractivity contribution in [3.8, 4) is 10.6 Å². The zero-order valence-corrected chi connectivity index (χ0v) is 18.6. The number of aryl methyl sites for hydroxylation is 1. The Morgan fingerprint density at radius 2 is 1.83 bits per heavy atom. The number of halogens is 1. The number of ether oxygens (including phenoxy) is 1. The smallest absolute Gasteiger partial charge is 0.230 e. The van der Waals surface area contributed by atoms with Crippen LogP contribution in [0.25, 0.3) is 10.6 Å². The molecule has 2 heterocycles. The Balaban J connectivity index is 1.40. The first-order valence-corrected chi connectivity index (χ1v) is 11.5. The van der Waals surface area contributed by atoms with E-state index in [4.69, 9.17) is 21.3 Å². The van der Waals surface area contributed by atoms with Gasteiger partial charge >= 0.3 is 0 Å². The van der Waals surface area contributed by atoms with Crippen LogP contribution in [0, 0.1) is 6.92 Å². The van der Waals surface area contributed by atoms with E-state index in [1.165, 1.54) is 5.56 Å². The van der Waals surface area contributed by atoms with Gasteiger partial charge in [-0.1, -0.05) is 53.6 Å². The Morgan fingerprint density at radius 1 is 1.13 bits per heavy atom. The maximum atomic E-state index is 13.2. The van der Waals surface area contributed by atoms with Crippen molar-refractivity contribution in [2.45, 2.75) is 31.6 Å². The normalized spacial score (nSPS) is 15.7. The predicted octanol–water partition coefficient (Wildman–Crippen LogP) is 5.18. The van der Waals surface area contributed by atoms with Crippen LogP contribution in [0.5, 0.6) is 0 Å². The third kappa shape index (κ3) is 4.59. The van der Waals surface area contributed by atoms with Crippen molar-refractivity contribution in [1.82, 2.24) is 10.3 Å². The van der Waals surface area contributed by atoms with Gasteiger partial charge in [-0.25, -0.2) is 4.98 Å². The highest BCUT2D eigenvalue weighted by Crippen LogP contribution is 2.35. The minimum atomic E-state index is -0.558. The molecule has 1 aromatic heterocycles. The molecule has 4 rings (SSSR count). The molecule has 0 unspecified atom stereocenters.